The van der Waals surface area contributed by atoms with Crippen molar-refractivity contribution in [1.29, 1.82) is 0 Å². The highest BCUT2D eigenvalue weighted by Crippen LogP contribution is 2.27. The number of aryl methyl sites for hydroxylation is 1. The van der Waals surface area contributed by atoms with E-state index in [1.807, 2.05) is 6.07 Å². The van der Waals surface area contributed by atoms with Crippen LogP contribution in [0.5, 0.6) is 11.5 Å². The van der Waals surface area contributed by atoms with Crippen LogP contribution in [0.25, 0.3) is 0 Å². The molecule has 1 atom stereocenters. The molecule has 0 radical (unpaired) electrons. The summed E-state index contributed by atoms with van der Waals surface area (Å²) in [7, 11) is 4.79. The molecule has 0 fully saturated rings. The van der Waals surface area contributed by atoms with Crippen molar-refractivity contribution in [3.8, 4) is 11.5 Å². The molecular formula is C17H21N3O5. The molecule has 0 unspecified atom stereocenters. The third-order valence-corrected chi connectivity index (χ3v) is 3.51. The molecule has 0 aliphatic carbocycles. The van der Waals surface area contributed by atoms with E-state index in [0.717, 1.165) is 5.56 Å². The second-order valence-electron chi connectivity index (χ2n) is 5.36. The standard InChI is InChI=1S/C17H21N3O5/c1-11(25-17(22)13-9-19-20(2)10-13)16(21)18-8-12-5-6-14(23-3)15(7-12)24-4/h5-7,9-11H,8H2,1-4H3,(H,18,21)/t11-/m1/s1. The van der Waals surface area contributed by atoms with Gasteiger partial charge in [0, 0.05) is 19.8 Å². The van der Waals surface area contributed by atoms with Crippen LogP contribution < -0.4 is 14.8 Å². The van der Waals surface area contributed by atoms with Gasteiger partial charge >= 0.3 is 5.97 Å². The molecule has 0 aliphatic rings. The number of rotatable bonds is 7. The van der Waals surface area contributed by atoms with Gasteiger partial charge in [-0.1, -0.05) is 6.07 Å². The van der Waals surface area contributed by atoms with Crippen LogP contribution in [0.4, 0.5) is 0 Å². The van der Waals surface area contributed by atoms with E-state index in [1.54, 1.807) is 33.4 Å². The smallest absolute Gasteiger partial charge is 0.342 e. The first kappa shape index (κ1) is 18.3. The molecule has 0 spiro atoms. The fourth-order valence-corrected chi connectivity index (χ4v) is 2.13. The lowest BCUT2D eigenvalue weighted by atomic mass is 10.2. The van der Waals surface area contributed by atoms with Gasteiger partial charge in [0.05, 0.1) is 26.0 Å². The minimum Gasteiger partial charge on any atom is -0.493 e. The highest BCUT2D eigenvalue weighted by molar-refractivity contribution is 5.91. The number of nitrogens with zero attached hydrogens (tertiary/aromatic N) is 2. The number of esters is 1. The lowest BCUT2D eigenvalue weighted by Crippen LogP contribution is -2.35. The molecule has 2 rings (SSSR count). The Morgan fingerprint density at radius 3 is 2.56 bits per heavy atom. The number of amides is 1. The molecule has 0 saturated carbocycles. The van der Waals surface area contributed by atoms with Crippen LogP contribution in [0.2, 0.25) is 0 Å². The highest BCUT2D eigenvalue weighted by Gasteiger charge is 2.19. The predicted octanol–water partition coefficient (Wildman–Crippen LogP) is 1.30. The fourth-order valence-electron chi connectivity index (χ4n) is 2.13. The first-order valence-electron chi connectivity index (χ1n) is 7.62. The van der Waals surface area contributed by atoms with Gasteiger partial charge in [-0.05, 0) is 24.6 Å². The Bertz CT molecular complexity index is 756. The lowest BCUT2D eigenvalue weighted by molar-refractivity contribution is -0.129. The number of benzene rings is 1. The Morgan fingerprint density at radius 2 is 1.96 bits per heavy atom. The third kappa shape index (κ3) is 4.72. The van der Waals surface area contributed by atoms with E-state index < -0.39 is 18.0 Å². The maximum Gasteiger partial charge on any atom is 0.342 e. The molecule has 0 saturated heterocycles. The maximum absolute atomic E-state index is 12.1. The summed E-state index contributed by atoms with van der Waals surface area (Å²) in [5.74, 6) is 0.190. The number of nitrogens with one attached hydrogen (secondary N) is 1. The van der Waals surface area contributed by atoms with Crippen molar-refractivity contribution in [2.24, 2.45) is 7.05 Å². The van der Waals surface area contributed by atoms with Crippen LogP contribution in [0.1, 0.15) is 22.8 Å². The Labute approximate surface area is 145 Å². The number of methoxy groups -OCH3 is 2. The van der Waals surface area contributed by atoms with E-state index in [9.17, 15) is 9.59 Å². The Hall–Kier alpha value is -3.03. The molecule has 8 nitrogen and oxygen atoms in total. The largest absolute Gasteiger partial charge is 0.493 e. The van der Waals surface area contributed by atoms with Gasteiger partial charge in [-0.2, -0.15) is 5.10 Å². The second kappa shape index (κ2) is 8.18. The van der Waals surface area contributed by atoms with Crippen LogP contribution in [0.15, 0.2) is 30.6 Å². The first-order chi connectivity index (χ1) is 11.9. The summed E-state index contributed by atoms with van der Waals surface area (Å²) in [6, 6.07) is 5.34. The van der Waals surface area contributed by atoms with Gasteiger partial charge in [0.1, 0.15) is 0 Å². The maximum atomic E-state index is 12.1. The van der Waals surface area contributed by atoms with Crippen LogP contribution in [0, 0.1) is 0 Å². The van der Waals surface area contributed by atoms with Crippen LogP contribution in [-0.4, -0.2) is 42.0 Å². The van der Waals surface area contributed by atoms with Gasteiger partial charge in [0.25, 0.3) is 5.91 Å². The predicted molar refractivity (Wildman–Crippen MR) is 89.5 cm³/mol. The molecule has 8 heteroatoms. The summed E-state index contributed by atoms with van der Waals surface area (Å²) < 4.78 is 17.0. The molecule has 25 heavy (non-hydrogen) atoms. The molecule has 1 amide bonds. The number of hydrogen-bond donors (Lipinski definition) is 1. The number of hydrogen-bond acceptors (Lipinski definition) is 6. The molecular weight excluding hydrogens is 326 g/mol. The minimum atomic E-state index is -0.923. The molecule has 1 aromatic heterocycles. The monoisotopic (exact) mass is 347 g/mol. The van der Waals surface area contributed by atoms with Crippen molar-refractivity contribution in [3.05, 3.63) is 41.7 Å². The molecule has 2 aromatic rings. The third-order valence-electron chi connectivity index (χ3n) is 3.51. The molecule has 1 heterocycles. The summed E-state index contributed by atoms with van der Waals surface area (Å²) in [5, 5.41) is 6.61. The summed E-state index contributed by atoms with van der Waals surface area (Å²) >= 11 is 0. The number of aromatic nitrogens is 2. The van der Waals surface area contributed by atoms with Gasteiger partial charge in [0.2, 0.25) is 0 Å². The van der Waals surface area contributed by atoms with Gasteiger partial charge in [0.15, 0.2) is 17.6 Å². The van der Waals surface area contributed by atoms with Gasteiger partial charge < -0.3 is 19.5 Å². The van der Waals surface area contributed by atoms with E-state index in [-0.39, 0.29) is 6.54 Å². The summed E-state index contributed by atoms with van der Waals surface area (Å²) in [5.41, 5.74) is 1.12. The van der Waals surface area contributed by atoms with E-state index >= 15 is 0 Å². The van der Waals surface area contributed by atoms with Crippen molar-refractivity contribution >= 4 is 11.9 Å². The zero-order valence-electron chi connectivity index (χ0n) is 14.6. The minimum absolute atomic E-state index is 0.272. The van der Waals surface area contributed by atoms with Crippen molar-refractivity contribution in [2.75, 3.05) is 14.2 Å². The van der Waals surface area contributed by atoms with Gasteiger partial charge in [-0.15, -0.1) is 0 Å². The van der Waals surface area contributed by atoms with Crippen molar-refractivity contribution in [3.63, 3.8) is 0 Å². The average molecular weight is 347 g/mol. The van der Waals surface area contributed by atoms with Crippen molar-refractivity contribution in [2.45, 2.75) is 19.6 Å². The first-order valence-corrected chi connectivity index (χ1v) is 7.62. The number of carbonyl (C=O) groups is 2. The second-order valence-corrected chi connectivity index (χ2v) is 5.36. The molecule has 1 aromatic carbocycles. The Morgan fingerprint density at radius 1 is 1.24 bits per heavy atom. The van der Waals surface area contributed by atoms with E-state index in [2.05, 4.69) is 10.4 Å². The SMILES string of the molecule is COc1ccc(CNC(=O)[C@@H](C)OC(=O)c2cnn(C)c2)cc1OC. The number of ether oxygens (including phenoxy) is 3. The summed E-state index contributed by atoms with van der Waals surface area (Å²) in [6.07, 6.45) is 1.99. The fraction of sp³-hybridized carbons (Fsp3) is 0.353. The average Bonchev–Trinajstić information content (AvgIpc) is 3.05. The molecule has 1 N–H and O–H groups in total. The number of carbonyl (C=O) groups excluding carboxylic acids is 2. The molecule has 0 aliphatic heterocycles. The van der Waals surface area contributed by atoms with Gasteiger partial charge in [-0.25, -0.2) is 4.79 Å². The van der Waals surface area contributed by atoms with E-state index in [0.29, 0.717) is 17.1 Å². The zero-order chi connectivity index (χ0) is 18.4. The summed E-state index contributed by atoms with van der Waals surface area (Å²) in [6.45, 7) is 1.78. The van der Waals surface area contributed by atoms with E-state index in [4.69, 9.17) is 14.2 Å². The van der Waals surface area contributed by atoms with Crippen LogP contribution in [0.3, 0.4) is 0 Å². The van der Waals surface area contributed by atoms with Crippen molar-refractivity contribution in [1.82, 2.24) is 15.1 Å². The quantitative estimate of drug-likeness (QED) is 0.759. The zero-order valence-corrected chi connectivity index (χ0v) is 14.6. The summed E-state index contributed by atoms with van der Waals surface area (Å²) in [4.78, 5) is 24.0. The van der Waals surface area contributed by atoms with Crippen LogP contribution >= 0.6 is 0 Å². The lowest BCUT2D eigenvalue weighted by Gasteiger charge is -2.14. The Kier molecular flexibility index (Phi) is 5.99. The molecule has 0 bridgehead atoms. The van der Waals surface area contributed by atoms with Crippen LogP contribution in [-0.2, 0) is 23.1 Å². The Balaban J connectivity index is 1.90. The topological polar surface area (TPSA) is 91.7 Å². The highest BCUT2D eigenvalue weighted by atomic mass is 16.5. The molecule has 134 valence electrons. The van der Waals surface area contributed by atoms with Gasteiger partial charge in [-0.3, -0.25) is 9.48 Å². The van der Waals surface area contributed by atoms with Crippen molar-refractivity contribution < 1.29 is 23.8 Å². The normalized spacial score (nSPS) is 11.5. The van der Waals surface area contributed by atoms with E-state index in [1.165, 1.54) is 24.0 Å².